The Balaban J connectivity index is 1.24. The molecule has 3 aliphatic rings. The number of phenols is 2. The highest BCUT2D eigenvalue weighted by Gasteiger charge is 2.50. The zero-order valence-electron chi connectivity index (χ0n) is 35.1. The van der Waals surface area contributed by atoms with Crippen molar-refractivity contribution < 1.29 is 73.3 Å². The van der Waals surface area contributed by atoms with Crippen LogP contribution in [0.15, 0.2) is 48.5 Å². The molecule has 0 aromatic heterocycles. The van der Waals surface area contributed by atoms with E-state index < -0.39 is 132 Å². The highest BCUT2D eigenvalue weighted by molar-refractivity contribution is 6.31. The van der Waals surface area contributed by atoms with Crippen LogP contribution in [-0.4, -0.2) is 128 Å². The molecular formula is C44H52N4O15. The Bertz CT molecular complexity index is 2290. The summed E-state index contributed by atoms with van der Waals surface area (Å²) >= 11 is 0. The molecule has 4 unspecified atom stereocenters. The number of ether oxygens (including phenoxy) is 3. The number of aliphatic hydroxyl groups excluding tert-OH is 2. The molecule has 338 valence electrons. The van der Waals surface area contributed by atoms with Gasteiger partial charge in [0.25, 0.3) is 0 Å². The van der Waals surface area contributed by atoms with E-state index in [1.165, 1.54) is 32.2 Å². The fraction of sp³-hybridized carbons (Fsp3) is 0.455. The average Bonchev–Trinajstić information content (AvgIpc) is 3.25. The number of amides is 2. The summed E-state index contributed by atoms with van der Waals surface area (Å²) in [5.41, 5.74) is 11.1. The summed E-state index contributed by atoms with van der Waals surface area (Å²) in [6.45, 7) is 3.09. The topological polar surface area (TPSA) is 308 Å². The fourth-order valence-electron chi connectivity index (χ4n) is 8.36. The first kappa shape index (κ1) is 46.9. The van der Waals surface area contributed by atoms with Crippen molar-refractivity contribution >= 4 is 35.1 Å². The van der Waals surface area contributed by atoms with Crippen molar-refractivity contribution in [1.82, 2.24) is 10.4 Å². The van der Waals surface area contributed by atoms with E-state index in [1.807, 2.05) is 13.8 Å². The Morgan fingerprint density at radius 1 is 0.952 bits per heavy atom. The third-order valence-electron chi connectivity index (χ3n) is 11.6. The van der Waals surface area contributed by atoms with E-state index >= 15 is 0 Å². The highest BCUT2D eigenvalue weighted by atomic mass is 16.7. The van der Waals surface area contributed by atoms with Gasteiger partial charge < -0.3 is 56.0 Å². The second kappa shape index (κ2) is 19.0. The van der Waals surface area contributed by atoms with E-state index in [2.05, 4.69) is 5.48 Å². The van der Waals surface area contributed by atoms with Crippen molar-refractivity contribution in [1.29, 1.82) is 0 Å². The number of phenolic OH excluding ortho intramolecular Hbond substituents is 2. The molecule has 19 nitrogen and oxygen atoms in total. The first-order chi connectivity index (χ1) is 29.8. The van der Waals surface area contributed by atoms with Gasteiger partial charge in [-0.2, -0.15) is 0 Å². The predicted molar refractivity (Wildman–Crippen MR) is 219 cm³/mol. The number of carbonyl (C=O) groups excluding carboxylic acids is 6. The van der Waals surface area contributed by atoms with E-state index in [4.69, 9.17) is 30.5 Å². The summed E-state index contributed by atoms with van der Waals surface area (Å²) in [4.78, 5) is 87.1. The van der Waals surface area contributed by atoms with Crippen LogP contribution in [0.5, 0.6) is 17.2 Å². The van der Waals surface area contributed by atoms with Crippen LogP contribution in [-0.2, 0) is 46.3 Å². The first-order valence-electron chi connectivity index (χ1n) is 20.4. The molecule has 0 spiro atoms. The molecular weight excluding hydrogens is 824 g/mol. The van der Waals surface area contributed by atoms with Gasteiger partial charge >= 0.3 is 5.97 Å². The number of aliphatic hydroxyl groups is 3. The average molecular weight is 877 g/mol. The Morgan fingerprint density at radius 3 is 2.27 bits per heavy atom. The lowest BCUT2D eigenvalue weighted by Gasteiger charge is -2.42. The number of nitrogens with one attached hydrogen (secondary N) is 1. The molecule has 3 aromatic carbocycles. The van der Waals surface area contributed by atoms with Crippen molar-refractivity contribution in [2.45, 2.75) is 101 Å². The van der Waals surface area contributed by atoms with Crippen molar-refractivity contribution in [3.63, 3.8) is 0 Å². The number of rotatable bonds is 15. The third-order valence-corrected chi connectivity index (χ3v) is 11.6. The summed E-state index contributed by atoms with van der Waals surface area (Å²) in [6, 6.07) is 9.51. The van der Waals surface area contributed by atoms with Crippen molar-refractivity contribution in [2.24, 2.45) is 17.4 Å². The summed E-state index contributed by atoms with van der Waals surface area (Å²) < 4.78 is 17.5. The number of hydroxylamine groups is 1. The number of Topliss-reactive ketones (excluding diaryl/α,β-unsaturated/α-hetero) is 1. The lowest BCUT2D eigenvalue weighted by Crippen LogP contribution is -2.57. The maximum Gasteiger partial charge on any atom is 0.344 e. The number of hydrogen-bond acceptors (Lipinski definition) is 18. The standard InChI is InChI=1S/C44H52N4O15/c1-20(2)13-25(45)42(57)48(43(58)26(46)14-22-9-6-5-7-10-22)18-31(51)63-47-27-15-32(61-21(3)37(27)52)62-29-17-44(59,30(50)19-49)16-24-34(29)41(56)36-35(39(24)54)38(53)23-11-8-12-28(60-4)33(23)40(36)55/h5-12,20-21,25-27,29,32,37,47,49,52,54,56,59H,13-19,45-46H2,1-4H3/t21?,25-,26-,27?,29-,32?,37?,44-/m0/s1. The number of benzene rings is 3. The number of nitrogens with zero attached hydrogens (tertiary/aromatic N) is 1. The van der Waals surface area contributed by atoms with Gasteiger partial charge in [-0.3, -0.25) is 28.9 Å². The van der Waals surface area contributed by atoms with Gasteiger partial charge in [-0.25, -0.2) is 4.79 Å². The molecule has 10 N–H and O–H groups in total. The first-order valence-corrected chi connectivity index (χ1v) is 20.4. The number of imide groups is 1. The van der Waals surface area contributed by atoms with Crippen LogP contribution >= 0.6 is 0 Å². The Labute approximate surface area is 361 Å². The Morgan fingerprint density at radius 2 is 1.62 bits per heavy atom. The number of hydrogen-bond donors (Lipinski definition) is 8. The van der Waals surface area contributed by atoms with Crippen LogP contribution in [0.3, 0.4) is 0 Å². The SMILES string of the molecule is COc1cccc2c1C(=O)c1c(O)c3c(c(O)c1C2=O)C[C@@](O)(C(=O)CO)C[C@@H]3OC1CC(NOC(=O)CN(C(=O)[C@@H](N)Cc2ccccc2)C(=O)[C@@H](N)CC(C)C)C(O)C(C)O1. The van der Waals surface area contributed by atoms with E-state index in [0.29, 0.717) is 10.5 Å². The number of ketones is 3. The normalized spacial score (nSPS) is 23.8. The second-order valence-electron chi connectivity index (χ2n) is 16.5. The highest BCUT2D eigenvalue weighted by Crippen LogP contribution is 2.52. The van der Waals surface area contributed by atoms with Gasteiger partial charge in [0, 0.05) is 36.0 Å². The minimum absolute atomic E-state index is 0.0264. The predicted octanol–water partition coefficient (Wildman–Crippen LogP) is 0.389. The van der Waals surface area contributed by atoms with E-state index in [9.17, 15) is 54.3 Å². The van der Waals surface area contributed by atoms with Crippen LogP contribution in [0.1, 0.15) is 94.7 Å². The van der Waals surface area contributed by atoms with Gasteiger partial charge in [-0.15, -0.1) is 5.48 Å². The molecule has 19 heteroatoms. The molecule has 0 bridgehead atoms. The monoisotopic (exact) mass is 876 g/mol. The van der Waals surface area contributed by atoms with Crippen LogP contribution in [0.4, 0.5) is 0 Å². The molecule has 1 heterocycles. The lowest BCUT2D eigenvalue weighted by molar-refractivity contribution is -0.256. The zero-order valence-corrected chi connectivity index (χ0v) is 35.1. The smallest absolute Gasteiger partial charge is 0.344 e. The molecule has 2 amide bonds. The summed E-state index contributed by atoms with van der Waals surface area (Å²) in [5.74, 6) is -7.22. The Hall–Kier alpha value is -5.64. The summed E-state index contributed by atoms with van der Waals surface area (Å²) in [6.07, 6.45) is -6.77. The number of aromatic hydroxyl groups is 2. The van der Waals surface area contributed by atoms with Crippen molar-refractivity contribution in [2.75, 3.05) is 20.3 Å². The fourth-order valence-corrected chi connectivity index (χ4v) is 8.36. The van der Waals surface area contributed by atoms with Gasteiger partial charge in [0.15, 0.2) is 17.9 Å². The molecule has 0 radical (unpaired) electrons. The third kappa shape index (κ3) is 9.36. The largest absolute Gasteiger partial charge is 0.507 e. The van der Waals surface area contributed by atoms with Crippen LogP contribution in [0.25, 0.3) is 0 Å². The number of carbonyl (C=O) groups is 6. The molecule has 8 atom stereocenters. The summed E-state index contributed by atoms with van der Waals surface area (Å²) in [7, 11) is 1.28. The quantitative estimate of drug-likeness (QED) is 0.0592. The van der Waals surface area contributed by atoms with Gasteiger partial charge in [-0.05, 0) is 37.3 Å². The summed E-state index contributed by atoms with van der Waals surface area (Å²) in [5, 5.41) is 56.0. The van der Waals surface area contributed by atoms with E-state index in [-0.39, 0.29) is 53.2 Å². The minimum Gasteiger partial charge on any atom is -0.507 e. The number of nitrogens with two attached hydrogens (primary N) is 2. The van der Waals surface area contributed by atoms with Crippen molar-refractivity contribution in [3.8, 4) is 17.2 Å². The molecule has 1 fully saturated rings. The van der Waals surface area contributed by atoms with E-state index in [0.717, 1.165) is 0 Å². The number of fused-ring (bicyclic) bond motifs is 3. The minimum atomic E-state index is -2.41. The molecule has 0 saturated carbocycles. The molecule has 6 rings (SSSR count). The van der Waals surface area contributed by atoms with Crippen LogP contribution in [0, 0.1) is 5.92 Å². The molecule has 3 aromatic rings. The van der Waals surface area contributed by atoms with Gasteiger partial charge in [-0.1, -0.05) is 56.3 Å². The number of methoxy groups -OCH3 is 1. The van der Waals surface area contributed by atoms with Gasteiger partial charge in [0.05, 0.1) is 60.2 Å². The maximum absolute atomic E-state index is 14.0. The maximum atomic E-state index is 14.0. The van der Waals surface area contributed by atoms with Crippen molar-refractivity contribution in [3.05, 3.63) is 87.5 Å². The molecule has 63 heavy (non-hydrogen) atoms. The Kier molecular flexibility index (Phi) is 14.1. The molecule has 1 saturated heterocycles. The molecule has 2 aliphatic carbocycles. The zero-order chi connectivity index (χ0) is 46.1. The van der Waals surface area contributed by atoms with Crippen LogP contribution < -0.4 is 21.7 Å². The van der Waals surface area contributed by atoms with Gasteiger partial charge in [0.1, 0.15) is 36.0 Å². The lowest BCUT2D eigenvalue weighted by atomic mass is 9.72. The van der Waals surface area contributed by atoms with E-state index in [1.54, 1.807) is 30.3 Å². The second-order valence-corrected chi connectivity index (χ2v) is 16.5. The molecule has 1 aliphatic heterocycles. The van der Waals surface area contributed by atoms with Crippen LogP contribution in [0.2, 0.25) is 0 Å². The van der Waals surface area contributed by atoms with Gasteiger partial charge in [0.2, 0.25) is 17.6 Å².